The van der Waals surface area contributed by atoms with Gasteiger partial charge in [-0.05, 0) is 14.0 Å². The lowest BCUT2D eigenvalue weighted by molar-refractivity contribution is 0.234. The van der Waals surface area contributed by atoms with Crippen LogP contribution in [-0.2, 0) is 5.88 Å². The van der Waals surface area contributed by atoms with Crippen LogP contribution in [0.4, 0.5) is 5.13 Å². The van der Waals surface area contributed by atoms with Crippen LogP contribution in [0, 0.1) is 0 Å². The second-order valence-corrected chi connectivity index (χ2v) is 5.38. The molecule has 1 aliphatic heterocycles. The van der Waals surface area contributed by atoms with Crippen LogP contribution >= 0.6 is 22.9 Å². The van der Waals surface area contributed by atoms with Crippen LogP contribution in [0.1, 0.15) is 11.8 Å². The lowest BCUT2D eigenvalue weighted by Gasteiger charge is -2.37. The third-order valence-electron chi connectivity index (χ3n) is 2.90. The molecule has 1 fully saturated rings. The normalized spacial score (nSPS) is 23.4. The Morgan fingerprint density at radius 1 is 1.60 bits per heavy atom. The van der Waals surface area contributed by atoms with Gasteiger partial charge in [0.25, 0.3) is 0 Å². The summed E-state index contributed by atoms with van der Waals surface area (Å²) in [6, 6.07) is 0.599. The van der Waals surface area contributed by atoms with Gasteiger partial charge in [-0.15, -0.1) is 22.9 Å². The van der Waals surface area contributed by atoms with Crippen LogP contribution in [0.25, 0.3) is 0 Å². The van der Waals surface area contributed by atoms with E-state index in [2.05, 4.69) is 28.8 Å². The van der Waals surface area contributed by atoms with Crippen molar-refractivity contribution in [3.05, 3.63) is 11.1 Å². The summed E-state index contributed by atoms with van der Waals surface area (Å²) in [5.74, 6) is 0.570. The van der Waals surface area contributed by atoms with E-state index in [9.17, 15) is 0 Å². The van der Waals surface area contributed by atoms with E-state index in [1.54, 1.807) is 11.3 Å². The quantitative estimate of drug-likeness (QED) is 0.744. The number of nitrogens with zero attached hydrogens (tertiary/aromatic N) is 3. The molecule has 0 aromatic carbocycles. The lowest BCUT2D eigenvalue weighted by atomic mass is 10.2. The van der Waals surface area contributed by atoms with Crippen LogP contribution in [0.5, 0.6) is 0 Å². The number of piperazine rings is 1. The van der Waals surface area contributed by atoms with Gasteiger partial charge in [0.15, 0.2) is 5.13 Å². The molecule has 1 aliphatic rings. The van der Waals surface area contributed by atoms with E-state index in [1.165, 1.54) is 0 Å². The number of rotatable bonds is 2. The van der Waals surface area contributed by atoms with Gasteiger partial charge in [0.2, 0.25) is 0 Å². The van der Waals surface area contributed by atoms with E-state index in [0.29, 0.717) is 11.9 Å². The first kappa shape index (κ1) is 11.2. The fourth-order valence-corrected chi connectivity index (χ4v) is 2.75. The maximum Gasteiger partial charge on any atom is 0.185 e. The Bertz CT molecular complexity index is 328. The summed E-state index contributed by atoms with van der Waals surface area (Å²) in [7, 11) is 2.17. The van der Waals surface area contributed by atoms with Crippen LogP contribution in [0.15, 0.2) is 6.20 Å². The average molecular weight is 246 g/mol. The lowest BCUT2D eigenvalue weighted by Crippen LogP contribution is -2.50. The number of alkyl halides is 1. The van der Waals surface area contributed by atoms with Crippen molar-refractivity contribution >= 4 is 28.1 Å². The number of hydrogen-bond acceptors (Lipinski definition) is 4. The largest absolute Gasteiger partial charge is 0.345 e. The van der Waals surface area contributed by atoms with Gasteiger partial charge in [-0.1, -0.05) is 0 Å². The molecule has 1 saturated heterocycles. The van der Waals surface area contributed by atoms with E-state index >= 15 is 0 Å². The summed E-state index contributed by atoms with van der Waals surface area (Å²) in [6.07, 6.45) is 1.88. The Morgan fingerprint density at radius 2 is 2.40 bits per heavy atom. The molecule has 3 nitrogen and oxygen atoms in total. The number of likely N-dealkylation sites (N-methyl/N-ethyl adjacent to an activating group) is 1. The Balaban J connectivity index is 2.05. The zero-order valence-corrected chi connectivity index (χ0v) is 10.7. The molecule has 0 radical (unpaired) electrons. The molecule has 0 N–H and O–H groups in total. The van der Waals surface area contributed by atoms with Crippen molar-refractivity contribution in [3.63, 3.8) is 0 Å². The highest BCUT2D eigenvalue weighted by molar-refractivity contribution is 7.15. The van der Waals surface area contributed by atoms with E-state index in [-0.39, 0.29) is 0 Å². The van der Waals surface area contributed by atoms with Crippen LogP contribution < -0.4 is 4.90 Å². The van der Waals surface area contributed by atoms with Crippen molar-refractivity contribution in [3.8, 4) is 0 Å². The number of hydrogen-bond donors (Lipinski definition) is 0. The number of aromatic nitrogens is 1. The van der Waals surface area contributed by atoms with Crippen molar-refractivity contribution in [2.45, 2.75) is 18.8 Å². The van der Waals surface area contributed by atoms with E-state index in [0.717, 1.165) is 29.6 Å². The van der Waals surface area contributed by atoms with Crippen molar-refractivity contribution in [1.82, 2.24) is 9.88 Å². The standard InChI is InChI=1S/C10H16ClN3S/c1-8-7-14(4-3-13(8)2)10-12-6-9(5-11)15-10/h6,8H,3-5,7H2,1-2H3. The molecule has 0 spiro atoms. The van der Waals surface area contributed by atoms with Crippen LogP contribution in [0.3, 0.4) is 0 Å². The fourth-order valence-electron chi connectivity index (χ4n) is 1.73. The Hall–Kier alpha value is -0.320. The molecule has 2 heterocycles. The Labute approximate surface area is 99.7 Å². The first-order valence-electron chi connectivity index (χ1n) is 5.16. The van der Waals surface area contributed by atoms with E-state index in [1.807, 2.05) is 6.20 Å². The number of anilines is 1. The average Bonchev–Trinajstić information content (AvgIpc) is 2.70. The molecule has 0 amide bonds. The maximum absolute atomic E-state index is 5.77. The van der Waals surface area contributed by atoms with Gasteiger partial charge in [-0.2, -0.15) is 0 Å². The third kappa shape index (κ3) is 2.44. The molecule has 1 unspecified atom stereocenters. The van der Waals surface area contributed by atoms with Gasteiger partial charge < -0.3 is 9.80 Å². The first-order chi connectivity index (χ1) is 7.20. The zero-order chi connectivity index (χ0) is 10.8. The smallest absolute Gasteiger partial charge is 0.185 e. The van der Waals surface area contributed by atoms with Gasteiger partial charge in [0.05, 0.1) is 5.88 Å². The minimum atomic E-state index is 0.570. The molecule has 0 aliphatic carbocycles. The molecule has 1 aromatic heterocycles. The van der Waals surface area contributed by atoms with Gasteiger partial charge in [0, 0.05) is 36.8 Å². The second-order valence-electron chi connectivity index (χ2n) is 4.02. The summed E-state index contributed by atoms with van der Waals surface area (Å²) < 4.78 is 0. The highest BCUT2D eigenvalue weighted by atomic mass is 35.5. The molecular weight excluding hydrogens is 230 g/mol. The molecule has 1 atom stereocenters. The second kappa shape index (κ2) is 4.68. The Morgan fingerprint density at radius 3 is 3.00 bits per heavy atom. The predicted octanol–water partition coefficient (Wildman–Crippen LogP) is 2.02. The van der Waals surface area contributed by atoms with Gasteiger partial charge in [0.1, 0.15) is 0 Å². The molecule has 2 rings (SSSR count). The van der Waals surface area contributed by atoms with Crippen LogP contribution in [0.2, 0.25) is 0 Å². The maximum atomic E-state index is 5.77. The molecule has 1 aromatic rings. The molecule has 5 heteroatoms. The molecule has 84 valence electrons. The number of halogens is 1. The first-order valence-corrected chi connectivity index (χ1v) is 6.51. The predicted molar refractivity (Wildman–Crippen MR) is 66.0 cm³/mol. The summed E-state index contributed by atoms with van der Waals surface area (Å²) in [6.45, 7) is 5.49. The van der Waals surface area contributed by atoms with E-state index in [4.69, 9.17) is 11.6 Å². The monoisotopic (exact) mass is 245 g/mol. The molecular formula is C10H16ClN3S. The topological polar surface area (TPSA) is 19.4 Å². The van der Waals surface area contributed by atoms with Crippen molar-refractivity contribution in [2.24, 2.45) is 0 Å². The minimum absolute atomic E-state index is 0.570. The van der Waals surface area contributed by atoms with Crippen molar-refractivity contribution in [2.75, 3.05) is 31.6 Å². The minimum Gasteiger partial charge on any atom is -0.345 e. The molecule has 0 bridgehead atoms. The zero-order valence-electron chi connectivity index (χ0n) is 9.11. The fraction of sp³-hybridized carbons (Fsp3) is 0.700. The summed E-state index contributed by atoms with van der Waals surface area (Å²) in [4.78, 5) is 10.3. The molecule has 15 heavy (non-hydrogen) atoms. The number of thiazole rings is 1. The summed E-state index contributed by atoms with van der Waals surface area (Å²) in [5, 5.41) is 1.12. The highest BCUT2D eigenvalue weighted by Gasteiger charge is 2.22. The molecule has 0 saturated carbocycles. The third-order valence-corrected chi connectivity index (χ3v) is 4.41. The Kier molecular flexibility index (Phi) is 3.49. The van der Waals surface area contributed by atoms with Crippen LogP contribution in [-0.4, -0.2) is 42.6 Å². The summed E-state index contributed by atoms with van der Waals surface area (Å²) >= 11 is 7.48. The van der Waals surface area contributed by atoms with Crippen molar-refractivity contribution in [1.29, 1.82) is 0 Å². The van der Waals surface area contributed by atoms with Gasteiger partial charge in [-0.3, -0.25) is 0 Å². The van der Waals surface area contributed by atoms with E-state index < -0.39 is 0 Å². The summed E-state index contributed by atoms with van der Waals surface area (Å²) in [5.41, 5.74) is 0. The SMILES string of the molecule is CC1CN(c2ncc(CCl)s2)CCN1C. The highest BCUT2D eigenvalue weighted by Crippen LogP contribution is 2.25. The van der Waals surface area contributed by atoms with Crippen molar-refractivity contribution < 1.29 is 0 Å². The van der Waals surface area contributed by atoms with Gasteiger partial charge in [-0.25, -0.2) is 4.98 Å². The van der Waals surface area contributed by atoms with Gasteiger partial charge >= 0.3 is 0 Å².